The van der Waals surface area contributed by atoms with Gasteiger partial charge in [-0.3, -0.25) is 19.4 Å². The lowest BCUT2D eigenvalue weighted by molar-refractivity contribution is -0.132. The van der Waals surface area contributed by atoms with Gasteiger partial charge in [0, 0.05) is 25.2 Å². The first-order valence-electron chi connectivity index (χ1n) is 13.1. The summed E-state index contributed by atoms with van der Waals surface area (Å²) >= 11 is 5.26. The molecule has 38 heavy (non-hydrogen) atoms. The van der Waals surface area contributed by atoms with E-state index in [4.69, 9.17) is 12.2 Å². The second-order valence-electron chi connectivity index (χ2n) is 10.5. The minimum absolute atomic E-state index is 0.128. The number of carbonyl (C=O) groups is 2. The van der Waals surface area contributed by atoms with Crippen molar-refractivity contribution in [2.24, 2.45) is 0 Å². The van der Waals surface area contributed by atoms with E-state index in [9.17, 15) is 9.59 Å². The van der Waals surface area contributed by atoms with Crippen molar-refractivity contribution in [2.45, 2.75) is 46.0 Å². The number of benzene rings is 3. The van der Waals surface area contributed by atoms with E-state index in [-0.39, 0.29) is 27.9 Å². The Bertz CT molecular complexity index is 1450. The topological polar surface area (TPSA) is 43.9 Å². The number of carbonyl (C=O) groups excluding carboxylic acids is 2. The molecular weight excluding hydrogens is 490 g/mol. The zero-order valence-electron chi connectivity index (χ0n) is 22.8. The molecule has 0 aromatic heterocycles. The fourth-order valence-electron chi connectivity index (χ4n) is 5.69. The number of rotatable bonds is 4. The quantitative estimate of drug-likeness (QED) is 0.222. The van der Waals surface area contributed by atoms with Crippen molar-refractivity contribution in [3.63, 3.8) is 0 Å². The lowest BCUT2D eigenvalue weighted by atomic mass is 9.73. The molecule has 2 amide bonds. The molecule has 0 N–H and O–H groups in total. The number of hydrogen-bond acceptors (Lipinski definition) is 4. The number of fused-ring (bicyclic) bond motifs is 2. The molecule has 3 aromatic carbocycles. The van der Waals surface area contributed by atoms with Crippen molar-refractivity contribution in [1.29, 1.82) is 0 Å². The van der Waals surface area contributed by atoms with Gasteiger partial charge in [-0.05, 0) is 83.2 Å². The maximum Gasteiger partial charge on any atom is 0.265 e. The highest BCUT2D eigenvalue weighted by atomic mass is 32.1. The van der Waals surface area contributed by atoms with Crippen molar-refractivity contribution < 1.29 is 9.59 Å². The number of amides is 2. The standard InChI is InChI=1S/C32H33N3O2S/c1-7-20-19-28(21(8-2)17-22(20)18-23-29(36)33(5)31(38)34(6)30(23)37)35-26-15-11-9-13-24(26)32(3,4)25-14-10-12-16-27(25)35/h9-19H,7-8H2,1-6H3. The molecule has 194 valence electrons. The van der Waals surface area contributed by atoms with Gasteiger partial charge in [0.15, 0.2) is 5.11 Å². The second-order valence-corrected chi connectivity index (χ2v) is 10.8. The molecule has 1 fully saturated rings. The number of thiocarbonyl (C=S) groups is 1. The molecule has 0 spiro atoms. The second kappa shape index (κ2) is 9.52. The molecule has 2 aliphatic rings. The Kier molecular flexibility index (Phi) is 6.48. The third kappa shape index (κ3) is 3.86. The number of hydrogen-bond donors (Lipinski definition) is 0. The minimum Gasteiger partial charge on any atom is -0.310 e. The maximum atomic E-state index is 13.0. The SMILES string of the molecule is CCc1cc(N2c3ccccc3C(C)(C)c3ccccc32)c(CC)cc1C=C1C(=O)N(C)C(=S)N(C)C1=O. The molecule has 2 heterocycles. The van der Waals surface area contributed by atoms with E-state index >= 15 is 0 Å². The molecule has 0 radical (unpaired) electrons. The summed E-state index contributed by atoms with van der Waals surface area (Å²) in [5.74, 6) is -0.744. The summed E-state index contributed by atoms with van der Waals surface area (Å²) in [5, 5.41) is 0.211. The van der Waals surface area contributed by atoms with Crippen molar-refractivity contribution >= 4 is 52.3 Å². The predicted octanol–water partition coefficient (Wildman–Crippen LogP) is 6.52. The Morgan fingerprint density at radius 1 is 0.763 bits per heavy atom. The van der Waals surface area contributed by atoms with Crippen LogP contribution in [0.3, 0.4) is 0 Å². The molecule has 6 heteroatoms. The van der Waals surface area contributed by atoms with E-state index in [0.717, 1.165) is 35.2 Å². The Balaban J connectivity index is 1.72. The molecule has 1 saturated heterocycles. The van der Waals surface area contributed by atoms with Gasteiger partial charge >= 0.3 is 0 Å². The molecule has 2 aliphatic heterocycles. The van der Waals surface area contributed by atoms with Gasteiger partial charge in [-0.15, -0.1) is 0 Å². The normalized spacial score (nSPS) is 16.5. The number of nitrogens with zero attached hydrogens (tertiary/aromatic N) is 3. The lowest BCUT2D eigenvalue weighted by Crippen LogP contribution is -2.52. The van der Waals surface area contributed by atoms with Gasteiger partial charge in [0.25, 0.3) is 11.8 Å². The zero-order chi connectivity index (χ0) is 27.4. The van der Waals surface area contributed by atoms with E-state index < -0.39 is 0 Å². The predicted molar refractivity (Wildman–Crippen MR) is 158 cm³/mol. The molecule has 0 unspecified atom stereocenters. The van der Waals surface area contributed by atoms with Crippen molar-refractivity contribution in [2.75, 3.05) is 19.0 Å². The maximum absolute atomic E-state index is 13.0. The summed E-state index contributed by atoms with van der Waals surface area (Å²) in [6.07, 6.45) is 3.29. The van der Waals surface area contributed by atoms with Crippen LogP contribution in [0.2, 0.25) is 0 Å². The fourth-order valence-corrected chi connectivity index (χ4v) is 5.85. The molecule has 5 nitrogen and oxygen atoms in total. The van der Waals surface area contributed by atoms with Gasteiger partial charge in [-0.1, -0.05) is 64.1 Å². The van der Waals surface area contributed by atoms with Gasteiger partial charge < -0.3 is 4.90 Å². The van der Waals surface area contributed by atoms with Gasteiger partial charge in [0.2, 0.25) is 0 Å². The van der Waals surface area contributed by atoms with Crippen LogP contribution in [-0.4, -0.2) is 40.8 Å². The van der Waals surface area contributed by atoms with Crippen LogP contribution in [0.5, 0.6) is 0 Å². The molecular formula is C32H33N3O2S. The fraction of sp³-hybridized carbons (Fsp3) is 0.281. The van der Waals surface area contributed by atoms with Crippen molar-refractivity contribution in [1.82, 2.24) is 9.80 Å². The van der Waals surface area contributed by atoms with E-state index in [1.54, 1.807) is 20.2 Å². The van der Waals surface area contributed by atoms with Crippen LogP contribution in [0.25, 0.3) is 6.08 Å². The first-order chi connectivity index (χ1) is 18.1. The van der Waals surface area contributed by atoms with Crippen LogP contribution in [0.15, 0.2) is 66.2 Å². The zero-order valence-corrected chi connectivity index (χ0v) is 23.6. The summed E-state index contributed by atoms with van der Waals surface area (Å²) in [4.78, 5) is 31.1. The van der Waals surface area contributed by atoms with Crippen LogP contribution in [0.4, 0.5) is 17.1 Å². The van der Waals surface area contributed by atoms with Crippen molar-refractivity contribution in [3.05, 3.63) is 94.1 Å². The van der Waals surface area contributed by atoms with Gasteiger partial charge in [-0.2, -0.15) is 0 Å². The Labute approximate surface area is 230 Å². The van der Waals surface area contributed by atoms with E-state index in [1.807, 2.05) is 0 Å². The summed E-state index contributed by atoms with van der Waals surface area (Å²) in [5.41, 5.74) is 9.14. The molecule has 0 bridgehead atoms. The first kappa shape index (κ1) is 25.9. The highest BCUT2D eigenvalue weighted by Gasteiger charge is 2.38. The van der Waals surface area contributed by atoms with E-state index in [2.05, 4.69) is 93.3 Å². The van der Waals surface area contributed by atoms with Gasteiger partial charge in [-0.25, -0.2) is 0 Å². The summed E-state index contributed by atoms with van der Waals surface area (Å²) in [6, 6.07) is 21.6. The number of anilines is 3. The van der Waals surface area contributed by atoms with Crippen LogP contribution in [0.1, 0.15) is 55.5 Å². The van der Waals surface area contributed by atoms with E-state index in [0.29, 0.717) is 0 Å². The molecule has 0 saturated carbocycles. The van der Waals surface area contributed by atoms with E-state index in [1.165, 1.54) is 32.3 Å². The Morgan fingerprint density at radius 3 is 1.76 bits per heavy atom. The summed E-state index contributed by atoms with van der Waals surface area (Å²) in [7, 11) is 3.21. The van der Waals surface area contributed by atoms with Crippen LogP contribution < -0.4 is 4.90 Å². The van der Waals surface area contributed by atoms with Crippen LogP contribution >= 0.6 is 12.2 Å². The van der Waals surface area contributed by atoms with Gasteiger partial charge in [0.05, 0.1) is 11.4 Å². The highest BCUT2D eigenvalue weighted by Crippen LogP contribution is 2.52. The lowest BCUT2D eigenvalue weighted by Gasteiger charge is -2.42. The summed E-state index contributed by atoms with van der Waals surface area (Å²) in [6.45, 7) is 8.82. The third-order valence-electron chi connectivity index (χ3n) is 7.92. The largest absolute Gasteiger partial charge is 0.310 e. The molecule has 0 atom stereocenters. The third-order valence-corrected chi connectivity index (χ3v) is 8.47. The number of likely N-dealkylation sites (N-methyl/N-ethyl adjacent to an activating group) is 2. The minimum atomic E-state index is -0.372. The molecule has 5 rings (SSSR count). The molecule has 0 aliphatic carbocycles. The Hall–Kier alpha value is -3.77. The highest BCUT2D eigenvalue weighted by molar-refractivity contribution is 7.80. The first-order valence-corrected chi connectivity index (χ1v) is 13.5. The van der Waals surface area contributed by atoms with Crippen LogP contribution in [0, 0.1) is 0 Å². The average molecular weight is 524 g/mol. The van der Waals surface area contributed by atoms with Crippen LogP contribution in [-0.2, 0) is 27.8 Å². The van der Waals surface area contributed by atoms with Gasteiger partial charge in [0.1, 0.15) is 5.57 Å². The summed E-state index contributed by atoms with van der Waals surface area (Å²) < 4.78 is 0. The monoisotopic (exact) mass is 523 g/mol. The average Bonchev–Trinajstić information content (AvgIpc) is 2.93. The smallest absolute Gasteiger partial charge is 0.265 e. The number of para-hydroxylation sites is 2. The van der Waals surface area contributed by atoms with Crippen molar-refractivity contribution in [3.8, 4) is 0 Å². The number of aryl methyl sites for hydroxylation is 2. The Morgan fingerprint density at radius 2 is 1.26 bits per heavy atom. The molecule has 3 aromatic rings.